The normalized spacial score (nSPS) is 10.5. The van der Waals surface area contributed by atoms with E-state index in [0.29, 0.717) is 0 Å². The van der Waals surface area contributed by atoms with Gasteiger partial charge in [0.25, 0.3) is 0 Å². The minimum Gasteiger partial charge on any atom is -0.507 e. The molecule has 3 aromatic rings. The Labute approximate surface area is 142 Å². The van der Waals surface area contributed by atoms with Gasteiger partial charge in [-0.15, -0.1) is 0 Å². The summed E-state index contributed by atoms with van der Waals surface area (Å²) in [6.45, 7) is 0. The van der Waals surface area contributed by atoms with Crippen molar-refractivity contribution in [1.29, 1.82) is 0 Å². The van der Waals surface area contributed by atoms with Crippen molar-refractivity contribution in [3.63, 3.8) is 0 Å². The van der Waals surface area contributed by atoms with Crippen LogP contribution in [-0.4, -0.2) is 11.1 Å². The van der Waals surface area contributed by atoms with Gasteiger partial charge in [-0.25, -0.2) is 7.86 Å². The molecule has 0 fully saturated rings. The molecule has 3 nitrogen and oxygen atoms in total. The Hall–Kier alpha value is -2.34. The molecule has 0 unspecified atom stereocenters. The summed E-state index contributed by atoms with van der Waals surface area (Å²) >= 11 is -2.37. The molecule has 3 rings (SSSR count). The summed E-state index contributed by atoms with van der Waals surface area (Å²) in [6, 6.07) is 26.0. The van der Waals surface area contributed by atoms with Gasteiger partial charge in [0.2, 0.25) is 0 Å². The Morgan fingerprint density at radius 1 is 0.739 bits per heavy atom. The molecule has 115 valence electrons. The first-order valence-electron chi connectivity index (χ1n) is 7.06. The number of halogens is 1. The highest BCUT2D eigenvalue weighted by Gasteiger charge is 2.34. The molecule has 0 atom stereocenters. The third kappa shape index (κ3) is 3.71. The molecule has 0 bridgehead atoms. The van der Waals surface area contributed by atoms with Gasteiger partial charge in [-0.1, -0.05) is 48.5 Å². The van der Waals surface area contributed by atoms with Crippen molar-refractivity contribution in [2.45, 2.75) is 0 Å². The van der Waals surface area contributed by atoms with Gasteiger partial charge in [0.1, 0.15) is 11.3 Å². The zero-order valence-corrected chi connectivity index (χ0v) is 14.4. The average molecular weight is 418 g/mol. The Morgan fingerprint density at radius 3 is 1.74 bits per heavy atom. The highest BCUT2D eigenvalue weighted by atomic mass is 127. The van der Waals surface area contributed by atoms with E-state index in [-0.39, 0.29) is 11.3 Å². The second-order valence-corrected chi connectivity index (χ2v) is 9.07. The minimum absolute atomic E-state index is 0.0607. The minimum atomic E-state index is -2.37. The molecule has 1 radical (unpaired) electrons. The lowest BCUT2D eigenvalue weighted by molar-refractivity contribution is -1.04. The number of para-hydroxylation sites is 1. The van der Waals surface area contributed by atoms with Crippen molar-refractivity contribution < 1.29 is 33.2 Å². The van der Waals surface area contributed by atoms with Crippen LogP contribution in [0.1, 0.15) is 10.4 Å². The van der Waals surface area contributed by atoms with Gasteiger partial charge in [-0.2, -0.15) is 0 Å². The van der Waals surface area contributed by atoms with Gasteiger partial charge in [0.05, 0.1) is 0 Å². The molecule has 4 heteroatoms. The molecule has 0 saturated carbocycles. The van der Waals surface area contributed by atoms with Crippen LogP contribution in [0.3, 0.4) is 0 Å². The van der Waals surface area contributed by atoms with E-state index in [1.165, 1.54) is 6.07 Å². The zero-order valence-electron chi connectivity index (χ0n) is 12.2. The monoisotopic (exact) mass is 418 g/mol. The van der Waals surface area contributed by atoms with Crippen LogP contribution in [0.5, 0.6) is 5.75 Å². The highest BCUT2D eigenvalue weighted by molar-refractivity contribution is 5.91. The predicted molar refractivity (Wildman–Crippen MR) is 83.8 cm³/mol. The average Bonchev–Trinajstić information content (AvgIpc) is 2.61. The van der Waals surface area contributed by atoms with Gasteiger partial charge in [-0.3, -0.25) is 0 Å². The maximum absolute atomic E-state index is 12.5. The number of phenols is 1. The van der Waals surface area contributed by atoms with Crippen molar-refractivity contribution >= 4 is 5.97 Å². The third-order valence-corrected chi connectivity index (χ3v) is 7.68. The van der Waals surface area contributed by atoms with Crippen molar-refractivity contribution in [2.75, 3.05) is 0 Å². The second-order valence-electron chi connectivity index (χ2n) is 4.72. The van der Waals surface area contributed by atoms with Gasteiger partial charge in [0, 0.05) is 0 Å². The number of hydrogen-bond donors (Lipinski definition) is 1. The fourth-order valence-corrected chi connectivity index (χ4v) is 6.03. The first-order chi connectivity index (χ1) is 11.3. The lowest BCUT2D eigenvalue weighted by atomic mass is 10.2. The van der Waals surface area contributed by atoms with Crippen molar-refractivity contribution in [3.05, 3.63) is 97.6 Å². The van der Waals surface area contributed by atoms with E-state index in [1.54, 1.807) is 18.2 Å². The molecule has 0 amide bonds. The van der Waals surface area contributed by atoms with Gasteiger partial charge < -0.3 is 5.11 Å². The van der Waals surface area contributed by atoms with E-state index in [9.17, 15) is 9.90 Å². The maximum atomic E-state index is 12.5. The smallest absolute Gasteiger partial charge is 0.394 e. The molecule has 0 aliphatic heterocycles. The van der Waals surface area contributed by atoms with Crippen LogP contribution in [0.25, 0.3) is 0 Å². The quantitative estimate of drug-likeness (QED) is 0.639. The molecule has 0 aliphatic rings. The Kier molecular flexibility index (Phi) is 4.92. The fraction of sp³-hybridized carbons (Fsp3) is 0. The predicted octanol–water partition coefficient (Wildman–Crippen LogP) is 0.828. The molecule has 0 aromatic heterocycles. The van der Waals surface area contributed by atoms with Crippen LogP contribution in [0.15, 0.2) is 84.9 Å². The summed E-state index contributed by atoms with van der Waals surface area (Å²) in [5, 5.41) is 9.85. The second kappa shape index (κ2) is 7.28. The van der Waals surface area contributed by atoms with E-state index < -0.39 is 26.2 Å². The Bertz CT molecular complexity index is 748. The molecule has 23 heavy (non-hydrogen) atoms. The number of phenolic OH excluding ortho intramolecular Hbond substituents is 1. The number of hydrogen-bond acceptors (Lipinski definition) is 3. The van der Waals surface area contributed by atoms with Gasteiger partial charge >= 0.3 is 26.2 Å². The zero-order chi connectivity index (χ0) is 16.1. The summed E-state index contributed by atoms with van der Waals surface area (Å²) in [5.41, 5.74) is 0.196. The summed E-state index contributed by atoms with van der Waals surface area (Å²) < 4.78 is 7.92. The lowest BCUT2D eigenvalue weighted by Crippen LogP contribution is -3.85. The topological polar surface area (TPSA) is 46.5 Å². The van der Waals surface area contributed by atoms with E-state index in [4.69, 9.17) is 3.07 Å². The Morgan fingerprint density at radius 2 is 1.22 bits per heavy atom. The molecule has 0 aliphatic carbocycles. The number of aromatic hydroxyl groups is 1. The largest absolute Gasteiger partial charge is 0.507 e. The third-order valence-electron chi connectivity index (χ3n) is 3.13. The Balaban J connectivity index is 1.94. The summed E-state index contributed by atoms with van der Waals surface area (Å²) in [5.74, 6) is -0.546. The first kappa shape index (κ1) is 15.6. The highest BCUT2D eigenvalue weighted by Crippen LogP contribution is 2.15. The van der Waals surface area contributed by atoms with Crippen LogP contribution in [0, 0.1) is 7.14 Å². The van der Waals surface area contributed by atoms with Gasteiger partial charge in [0.15, 0.2) is 7.14 Å². The maximum Gasteiger partial charge on any atom is 0.394 e. The number of rotatable bonds is 4. The van der Waals surface area contributed by atoms with Crippen LogP contribution in [0.4, 0.5) is 0 Å². The van der Waals surface area contributed by atoms with Crippen LogP contribution >= 0.6 is 0 Å². The van der Waals surface area contributed by atoms with Crippen molar-refractivity contribution in [2.24, 2.45) is 0 Å². The number of benzene rings is 3. The molecule has 0 spiro atoms. The summed E-state index contributed by atoms with van der Waals surface area (Å²) in [7, 11) is 0. The van der Waals surface area contributed by atoms with E-state index >= 15 is 0 Å². The van der Waals surface area contributed by atoms with Gasteiger partial charge in [-0.05, 0) is 36.4 Å². The molecule has 0 heterocycles. The van der Waals surface area contributed by atoms with Crippen LogP contribution in [-0.2, 0) is 3.07 Å². The van der Waals surface area contributed by atoms with E-state index in [0.717, 1.165) is 7.14 Å². The van der Waals surface area contributed by atoms with Crippen molar-refractivity contribution in [3.8, 4) is 5.75 Å². The van der Waals surface area contributed by atoms with E-state index in [1.807, 2.05) is 60.7 Å². The molecular weight excluding hydrogens is 403 g/mol. The van der Waals surface area contributed by atoms with E-state index in [2.05, 4.69) is 0 Å². The summed E-state index contributed by atoms with van der Waals surface area (Å²) in [4.78, 5) is 12.5. The molecular formula is C19H15IO3+. The summed E-state index contributed by atoms with van der Waals surface area (Å²) in [6.07, 6.45) is 0. The van der Waals surface area contributed by atoms with Crippen molar-refractivity contribution in [1.82, 2.24) is 0 Å². The number of carbonyl (C=O) groups excluding carboxylic acids is 1. The van der Waals surface area contributed by atoms with Crippen LogP contribution in [0.2, 0.25) is 0 Å². The standard InChI is InChI=1S/C19H15IO3/c21-18-14-8-7-13-17(18)19(22)23-20(15-9-3-1-4-10-15)16-11-5-2-6-12-16/h1-14,21H/q+1. The molecule has 1 N–H and O–H groups in total. The molecule has 0 saturated heterocycles. The lowest BCUT2D eigenvalue weighted by Gasteiger charge is -2.06. The first-order valence-corrected chi connectivity index (χ1v) is 10.1. The molecule has 3 aromatic carbocycles. The SMILES string of the molecule is O=C(O[I+](c1ccccc1)c1ccccc1)c1ccccc1O. The number of carbonyl (C=O) groups is 1. The fourth-order valence-electron chi connectivity index (χ4n) is 2.03. The van der Waals surface area contributed by atoms with Crippen LogP contribution < -0.4 is 20.2 Å².